The summed E-state index contributed by atoms with van der Waals surface area (Å²) in [5, 5.41) is 0. The van der Waals surface area contributed by atoms with Crippen molar-refractivity contribution in [2.45, 2.75) is 19.0 Å². The van der Waals surface area contributed by atoms with Gasteiger partial charge in [0.2, 0.25) is 0 Å². The van der Waals surface area contributed by atoms with Crippen LogP contribution in [0, 0.1) is 0 Å². The molecule has 82 valence electrons. The molecule has 15 heavy (non-hydrogen) atoms. The van der Waals surface area contributed by atoms with Crippen molar-refractivity contribution < 1.29 is 18.0 Å². The molecule has 0 radical (unpaired) electrons. The van der Waals surface area contributed by atoms with E-state index in [0.717, 1.165) is 0 Å². The molecule has 1 aromatic rings. The minimum absolute atomic E-state index is 0.0956. The van der Waals surface area contributed by atoms with Gasteiger partial charge in [-0.05, 0) is 18.1 Å². The van der Waals surface area contributed by atoms with E-state index in [-0.39, 0.29) is 17.7 Å². The van der Waals surface area contributed by atoms with E-state index in [0.29, 0.717) is 0 Å². The second kappa shape index (κ2) is 4.29. The Balaban J connectivity index is 2.81. The molecule has 0 unspecified atom stereocenters. The molecular formula is C9H9F3N2O. The lowest BCUT2D eigenvalue weighted by atomic mass is 10.1. The second-order valence-electron chi connectivity index (χ2n) is 2.99. The van der Waals surface area contributed by atoms with E-state index >= 15 is 0 Å². The van der Waals surface area contributed by atoms with Crippen LogP contribution in [-0.4, -0.2) is 17.1 Å². The number of hydrogen-bond donors (Lipinski definition) is 1. The minimum Gasteiger partial charge on any atom is -0.364 e. The summed E-state index contributed by atoms with van der Waals surface area (Å²) in [6.07, 6.45) is -4.20. The van der Waals surface area contributed by atoms with Crippen molar-refractivity contribution in [3.8, 4) is 0 Å². The van der Waals surface area contributed by atoms with Crippen LogP contribution in [0.5, 0.6) is 0 Å². The third kappa shape index (κ3) is 3.57. The highest BCUT2D eigenvalue weighted by Gasteiger charge is 2.27. The van der Waals surface area contributed by atoms with Gasteiger partial charge in [0.1, 0.15) is 5.69 Å². The van der Waals surface area contributed by atoms with Crippen LogP contribution < -0.4 is 5.73 Å². The van der Waals surface area contributed by atoms with Crippen LogP contribution in [0.15, 0.2) is 18.3 Å². The fourth-order valence-corrected chi connectivity index (χ4v) is 1.14. The van der Waals surface area contributed by atoms with Crippen LogP contribution in [0.3, 0.4) is 0 Å². The lowest BCUT2D eigenvalue weighted by Gasteiger charge is -2.07. The van der Waals surface area contributed by atoms with Crippen molar-refractivity contribution in [3.63, 3.8) is 0 Å². The van der Waals surface area contributed by atoms with Gasteiger partial charge in [0.25, 0.3) is 5.91 Å². The Morgan fingerprint density at radius 2 is 2.13 bits per heavy atom. The van der Waals surface area contributed by atoms with Gasteiger partial charge in [-0.15, -0.1) is 0 Å². The van der Waals surface area contributed by atoms with Crippen LogP contribution in [0.2, 0.25) is 0 Å². The number of carbonyl (C=O) groups is 1. The highest BCUT2D eigenvalue weighted by atomic mass is 19.4. The summed E-state index contributed by atoms with van der Waals surface area (Å²) >= 11 is 0. The zero-order valence-electron chi connectivity index (χ0n) is 7.71. The summed E-state index contributed by atoms with van der Waals surface area (Å²) in [5.41, 5.74) is 5.10. The molecule has 0 fully saturated rings. The molecular weight excluding hydrogens is 209 g/mol. The highest BCUT2D eigenvalue weighted by molar-refractivity contribution is 5.92. The van der Waals surface area contributed by atoms with Crippen LogP contribution >= 0.6 is 0 Å². The Kier molecular flexibility index (Phi) is 3.28. The smallest absolute Gasteiger partial charge is 0.364 e. The van der Waals surface area contributed by atoms with Gasteiger partial charge in [0.15, 0.2) is 0 Å². The van der Waals surface area contributed by atoms with Gasteiger partial charge in [-0.25, -0.2) is 0 Å². The SMILES string of the molecule is NC(=O)c1ncccc1CCC(F)(F)F. The predicted molar refractivity (Wildman–Crippen MR) is 47.1 cm³/mol. The molecule has 2 N–H and O–H groups in total. The summed E-state index contributed by atoms with van der Waals surface area (Å²) in [6, 6.07) is 2.89. The number of pyridine rings is 1. The minimum atomic E-state index is -4.25. The number of nitrogens with two attached hydrogens (primary N) is 1. The summed E-state index contributed by atoms with van der Waals surface area (Å²) in [7, 11) is 0. The van der Waals surface area contributed by atoms with Crippen LogP contribution in [0.4, 0.5) is 13.2 Å². The van der Waals surface area contributed by atoms with Gasteiger partial charge < -0.3 is 5.73 Å². The van der Waals surface area contributed by atoms with E-state index in [2.05, 4.69) is 4.98 Å². The van der Waals surface area contributed by atoms with Crippen molar-refractivity contribution in [3.05, 3.63) is 29.6 Å². The maximum absolute atomic E-state index is 11.9. The Morgan fingerprint density at radius 3 is 2.67 bits per heavy atom. The molecule has 3 nitrogen and oxygen atoms in total. The molecule has 0 aliphatic carbocycles. The summed E-state index contributed by atoms with van der Waals surface area (Å²) < 4.78 is 35.8. The van der Waals surface area contributed by atoms with Gasteiger partial charge in [-0.1, -0.05) is 6.07 Å². The first-order chi connectivity index (χ1) is 6.90. The zero-order valence-corrected chi connectivity index (χ0v) is 7.71. The predicted octanol–water partition coefficient (Wildman–Crippen LogP) is 1.68. The first kappa shape index (κ1) is 11.5. The third-order valence-corrected chi connectivity index (χ3v) is 1.80. The molecule has 6 heteroatoms. The Morgan fingerprint density at radius 1 is 1.47 bits per heavy atom. The standard InChI is InChI=1S/C9H9F3N2O/c10-9(11,12)4-3-6-2-1-5-14-7(6)8(13)15/h1-2,5H,3-4H2,(H2,13,15). The largest absolute Gasteiger partial charge is 0.389 e. The number of primary amides is 1. The lowest BCUT2D eigenvalue weighted by Crippen LogP contribution is -2.17. The number of hydrogen-bond acceptors (Lipinski definition) is 2. The van der Waals surface area contributed by atoms with Crippen LogP contribution in [0.1, 0.15) is 22.5 Å². The topological polar surface area (TPSA) is 56.0 Å². The zero-order chi connectivity index (χ0) is 11.5. The molecule has 0 aliphatic heterocycles. The van der Waals surface area contributed by atoms with Gasteiger partial charge in [-0.2, -0.15) is 13.2 Å². The molecule has 1 amide bonds. The first-order valence-electron chi connectivity index (χ1n) is 4.20. The van der Waals surface area contributed by atoms with Crippen molar-refractivity contribution in [1.82, 2.24) is 4.98 Å². The number of aryl methyl sites for hydroxylation is 1. The maximum Gasteiger partial charge on any atom is 0.389 e. The van der Waals surface area contributed by atoms with E-state index in [1.165, 1.54) is 18.3 Å². The van der Waals surface area contributed by atoms with Gasteiger partial charge >= 0.3 is 6.18 Å². The van der Waals surface area contributed by atoms with E-state index in [9.17, 15) is 18.0 Å². The summed E-state index contributed by atoms with van der Waals surface area (Å²) in [4.78, 5) is 14.5. The average molecular weight is 218 g/mol. The number of nitrogens with zero attached hydrogens (tertiary/aromatic N) is 1. The molecule has 0 aromatic carbocycles. The number of amides is 1. The molecule has 1 rings (SSSR count). The summed E-state index contributed by atoms with van der Waals surface area (Å²) in [5.74, 6) is -0.812. The number of carbonyl (C=O) groups excluding carboxylic acids is 1. The van der Waals surface area contributed by atoms with Crippen LogP contribution in [-0.2, 0) is 6.42 Å². The monoisotopic (exact) mass is 218 g/mol. The third-order valence-electron chi connectivity index (χ3n) is 1.80. The molecule has 0 saturated heterocycles. The van der Waals surface area contributed by atoms with Gasteiger partial charge in [-0.3, -0.25) is 9.78 Å². The number of halogens is 3. The normalized spacial score (nSPS) is 11.4. The van der Waals surface area contributed by atoms with Crippen molar-refractivity contribution in [1.29, 1.82) is 0 Å². The molecule has 0 saturated carbocycles. The van der Waals surface area contributed by atoms with E-state index in [1.54, 1.807) is 0 Å². The molecule has 1 aromatic heterocycles. The van der Waals surface area contributed by atoms with Crippen molar-refractivity contribution in [2.24, 2.45) is 5.73 Å². The average Bonchev–Trinajstić information content (AvgIpc) is 2.14. The van der Waals surface area contributed by atoms with Crippen molar-refractivity contribution >= 4 is 5.91 Å². The fraction of sp³-hybridized carbons (Fsp3) is 0.333. The quantitative estimate of drug-likeness (QED) is 0.839. The Hall–Kier alpha value is -1.59. The van der Waals surface area contributed by atoms with E-state index in [1.807, 2.05) is 0 Å². The number of alkyl halides is 3. The fourth-order valence-electron chi connectivity index (χ4n) is 1.14. The van der Waals surface area contributed by atoms with Gasteiger partial charge in [0, 0.05) is 12.6 Å². The maximum atomic E-state index is 11.9. The Labute approximate surface area is 84.1 Å². The van der Waals surface area contributed by atoms with Crippen molar-refractivity contribution in [2.75, 3.05) is 0 Å². The molecule has 0 spiro atoms. The Bertz CT molecular complexity index is 363. The molecule has 0 atom stereocenters. The van der Waals surface area contributed by atoms with E-state index in [4.69, 9.17) is 5.73 Å². The molecule has 0 bridgehead atoms. The second-order valence-corrected chi connectivity index (χ2v) is 2.99. The first-order valence-corrected chi connectivity index (χ1v) is 4.20. The van der Waals surface area contributed by atoms with Crippen LogP contribution in [0.25, 0.3) is 0 Å². The number of aromatic nitrogens is 1. The molecule has 0 aliphatic rings. The highest BCUT2D eigenvalue weighted by Crippen LogP contribution is 2.22. The summed E-state index contributed by atoms with van der Waals surface area (Å²) in [6.45, 7) is 0. The lowest BCUT2D eigenvalue weighted by molar-refractivity contribution is -0.134. The number of rotatable bonds is 3. The van der Waals surface area contributed by atoms with Gasteiger partial charge in [0.05, 0.1) is 0 Å². The molecule has 1 heterocycles. The van der Waals surface area contributed by atoms with E-state index < -0.39 is 18.5 Å².